The Morgan fingerprint density at radius 2 is 2.25 bits per heavy atom. The third kappa shape index (κ3) is 2.34. The fourth-order valence-corrected chi connectivity index (χ4v) is 2.24. The molecule has 0 N–H and O–H groups in total. The van der Waals surface area contributed by atoms with Crippen LogP contribution in [-0.2, 0) is 4.74 Å². The summed E-state index contributed by atoms with van der Waals surface area (Å²) in [5, 5.41) is 3.84. The minimum Gasteiger partial charge on any atom is -0.461 e. The molecule has 106 valence electrons. The Kier molecular flexibility index (Phi) is 3.31. The van der Waals surface area contributed by atoms with Gasteiger partial charge in [0.05, 0.1) is 25.0 Å². The van der Waals surface area contributed by atoms with Gasteiger partial charge in [0, 0.05) is 12.6 Å². The van der Waals surface area contributed by atoms with Gasteiger partial charge in [-0.25, -0.2) is 0 Å². The van der Waals surface area contributed by atoms with Crippen LogP contribution in [-0.4, -0.2) is 41.3 Å². The summed E-state index contributed by atoms with van der Waals surface area (Å²) in [6.07, 6.45) is 1.58. The van der Waals surface area contributed by atoms with Crippen molar-refractivity contribution in [3.05, 3.63) is 30.2 Å². The first-order valence-electron chi connectivity index (χ1n) is 6.58. The number of carbonyl (C=O) groups excluding carboxylic acids is 1. The molecular formula is C14H16N2O4. The van der Waals surface area contributed by atoms with Gasteiger partial charge in [0.1, 0.15) is 0 Å². The molecule has 2 atom stereocenters. The molecule has 6 heteroatoms. The van der Waals surface area contributed by atoms with Gasteiger partial charge in [-0.05, 0) is 26.0 Å². The van der Waals surface area contributed by atoms with Crippen molar-refractivity contribution in [2.45, 2.75) is 26.0 Å². The van der Waals surface area contributed by atoms with Gasteiger partial charge in [-0.3, -0.25) is 4.79 Å². The second-order valence-electron chi connectivity index (χ2n) is 5.00. The van der Waals surface area contributed by atoms with E-state index in [1.165, 1.54) is 0 Å². The number of aromatic nitrogens is 1. The fraction of sp³-hybridized carbons (Fsp3) is 0.429. The summed E-state index contributed by atoms with van der Waals surface area (Å²) in [5.74, 6) is 0.862. The lowest BCUT2D eigenvalue weighted by atomic mass is 10.2. The Bertz CT molecular complexity index is 590. The molecule has 2 aromatic rings. The number of hydrogen-bond acceptors (Lipinski definition) is 5. The van der Waals surface area contributed by atoms with Crippen molar-refractivity contribution in [3.63, 3.8) is 0 Å². The molecule has 3 rings (SSSR count). The molecule has 0 aromatic carbocycles. The third-order valence-electron chi connectivity index (χ3n) is 3.36. The molecule has 1 saturated heterocycles. The molecule has 6 nitrogen and oxygen atoms in total. The van der Waals surface area contributed by atoms with Gasteiger partial charge in [-0.1, -0.05) is 5.16 Å². The highest BCUT2D eigenvalue weighted by molar-refractivity contribution is 5.93. The van der Waals surface area contributed by atoms with Crippen LogP contribution in [0.1, 0.15) is 24.3 Å². The van der Waals surface area contributed by atoms with Crippen molar-refractivity contribution >= 4 is 5.91 Å². The van der Waals surface area contributed by atoms with E-state index in [0.717, 1.165) is 0 Å². The van der Waals surface area contributed by atoms with Crippen molar-refractivity contribution in [2.75, 3.05) is 13.2 Å². The summed E-state index contributed by atoms with van der Waals surface area (Å²) in [4.78, 5) is 14.2. The first kappa shape index (κ1) is 12.9. The maximum Gasteiger partial charge on any atom is 0.276 e. The molecule has 20 heavy (non-hydrogen) atoms. The van der Waals surface area contributed by atoms with E-state index in [1.54, 1.807) is 29.4 Å². The van der Waals surface area contributed by atoms with Gasteiger partial charge >= 0.3 is 0 Å². The highest BCUT2D eigenvalue weighted by Gasteiger charge is 2.30. The van der Waals surface area contributed by atoms with E-state index >= 15 is 0 Å². The zero-order chi connectivity index (χ0) is 14.1. The smallest absolute Gasteiger partial charge is 0.276 e. The normalized spacial score (nSPS) is 23.0. The molecule has 1 fully saturated rings. The number of furan rings is 1. The maximum atomic E-state index is 12.5. The lowest BCUT2D eigenvalue weighted by Gasteiger charge is -2.36. The van der Waals surface area contributed by atoms with Crippen molar-refractivity contribution in [3.8, 4) is 11.5 Å². The fourth-order valence-electron chi connectivity index (χ4n) is 2.24. The van der Waals surface area contributed by atoms with Crippen molar-refractivity contribution < 1.29 is 18.5 Å². The summed E-state index contributed by atoms with van der Waals surface area (Å²) >= 11 is 0. The minimum atomic E-state index is -0.144. The summed E-state index contributed by atoms with van der Waals surface area (Å²) in [6, 6.07) is 5.15. The predicted molar refractivity (Wildman–Crippen MR) is 70.1 cm³/mol. The average molecular weight is 276 g/mol. The summed E-state index contributed by atoms with van der Waals surface area (Å²) < 4.78 is 15.9. The Morgan fingerprint density at radius 3 is 3.00 bits per heavy atom. The number of morpholine rings is 1. The Balaban J connectivity index is 1.80. The molecule has 0 bridgehead atoms. The van der Waals surface area contributed by atoms with E-state index in [4.69, 9.17) is 13.7 Å². The minimum absolute atomic E-state index is 0.0301. The number of rotatable bonds is 2. The highest BCUT2D eigenvalue weighted by Crippen LogP contribution is 2.22. The zero-order valence-electron chi connectivity index (χ0n) is 11.4. The maximum absolute atomic E-state index is 12.5. The molecule has 0 radical (unpaired) electrons. The molecule has 0 unspecified atom stereocenters. The van der Waals surface area contributed by atoms with Crippen molar-refractivity contribution in [1.82, 2.24) is 10.1 Å². The third-order valence-corrected chi connectivity index (χ3v) is 3.36. The molecule has 1 aliphatic rings. The van der Waals surface area contributed by atoms with E-state index in [-0.39, 0.29) is 23.7 Å². The largest absolute Gasteiger partial charge is 0.461 e. The van der Waals surface area contributed by atoms with Crippen molar-refractivity contribution in [2.24, 2.45) is 0 Å². The zero-order valence-corrected chi connectivity index (χ0v) is 11.4. The van der Waals surface area contributed by atoms with Crippen LogP contribution in [0.25, 0.3) is 11.5 Å². The molecule has 0 saturated carbocycles. The van der Waals surface area contributed by atoms with Crippen molar-refractivity contribution in [1.29, 1.82) is 0 Å². The summed E-state index contributed by atoms with van der Waals surface area (Å²) in [7, 11) is 0. The lowest BCUT2D eigenvalue weighted by molar-refractivity contribution is -0.0390. The Labute approximate surface area is 116 Å². The van der Waals surface area contributed by atoms with Gasteiger partial charge < -0.3 is 18.6 Å². The van der Waals surface area contributed by atoms with Gasteiger partial charge in [0.15, 0.2) is 11.5 Å². The number of ether oxygens (including phenoxy) is 1. The quantitative estimate of drug-likeness (QED) is 0.841. The van der Waals surface area contributed by atoms with Crippen LogP contribution >= 0.6 is 0 Å². The van der Waals surface area contributed by atoms with E-state index in [2.05, 4.69) is 5.16 Å². The van der Waals surface area contributed by atoms with Crippen LogP contribution < -0.4 is 0 Å². The van der Waals surface area contributed by atoms with Gasteiger partial charge in [-0.15, -0.1) is 0 Å². The first-order valence-corrected chi connectivity index (χ1v) is 6.58. The standard InChI is InChI=1S/C14H16N2O4/c1-9-8-19-10(2)7-16(9)14(17)11-6-13(20-15-11)12-4-3-5-18-12/h3-6,9-10H,7-8H2,1-2H3/t9-,10-/m1/s1. The molecule has 1 aliphatic heterocycles. The van der Waals surface area contributed by atoms with Crippen LogP contribution in [0, 0.1) is 0 Å². The molecule has 3 heterocycles. The average Bonchev–Trinajstić information content (AvgIpc) is 3.10. The van der Waals surface area contributed by atoms with Crippen LogP contribution in [0.5, 0.6) is 0 Å². The second-order valence-corrected chi connectivity index (χ2v) is 5.00. The highest BCUT2D eigenvalue weighted by atomic mass is 16.5. The number of nitrogens with zero attached hydrogens (tertiary/aromatic N) is 2. The Morgan fingerprint density at radius 1 is 1.40 bits per heavy atom. The van der Waals surface area contributed by atoms with Crippen LogP contribution in [0.3, 0.4) is 0 Å². The van der Waals surface area contributed by atoms with Crippen LogP contribution in [0.4, 0.5) is 0 Å². The first-order chi connectivity index (χ1) is 9.65. The monoisotopic (exact) mass is 276 g/mol. The Hall–Kier alpha value is -2.08. The van der Waals surface area contributed by atoms with Gasteiger partial charge in [0.2, 0.25) is 5.76 Å². The summed E-state index contributed by atoms with van der Waals surface area (Å²) in [5.41, 5.74) is 0.289. The van der Waals surface area contributed by atoms with Gasteiger partial charge in [-0.2, -0.15) is 0 Å². The van der Waals surface area contributed by atoms with Crippen LogP contribution in [0.2, 0.25) is 0 Å². The molecule has 2 aromatic heterocycles. The lowest BCUT2D eigenvalue weighted by Crippen LogP contribution is -2.50. The number of carbonyl (C=O) groups is 1. The van der Waals surface area contributed by atoms with E-state index < -0.39 is 0 Å². The summed E-state index contributed by atoms with van der Waals surface area (Å²) in [6.45, 7) is 5.00. The molecular weight excluding hydrogens is 260 g/mol. The molecule has 1 amide bonds. The number of hydrogen-bond donors (Lipinski definition) is 0. The molecule has 0 spiro atoms. The van der Waals surface area contributed by atoms with Crippen LogP contribution in [0.15, 0.2) is 33.4 Å². The van der Waals surface area contributed by atoms with E-state index in [1.807, 2.05) is 13.8 Å². The van der Waals surface area contributed by atoms with E-state index in [9.17, 15) is 4.79 Å². The second kappa shape index (κ2) is 5.13. The predicted octanol–water partition coefficient (Wildman–Crippen LogP) is 2.18. The SMILES string of the molecule is C[C@@H]1CN(C(=O)c2cc(-c3ccco3)on2)[C@H](C)CO1. The molecule has 0 aliphatic carbocycles. The number of amides is 1. The van der Waals surface area contributed by atoms with E-state index in [0.29, 0.717) is 24.7 Å². The van der Waals surface area contributed by atoms with Gasteiger partial charge in [0.25, 0.3) is 5.91 Å². The topological polar surface area (TPSA) is 68.7 Å².